The molecule has 0 bridgehead atoms. The highest BCUT2D eigenvalue weighted by molar-refractivity contribution is 5.33. The minimum atomic E-state index is -0.724. The number of rotatable bonds is 4. The van der Waals surface area contributed by atoms with Crippen LogP contribution >= 0.6 is 0 Å². The Bertz CT molecular complexity index is 577. The number of hydrogen-bond acceptors (Lipinski definition) is 4. The van der Waals surface area contributed by atoms with Crippen molar-refractivity contribution in [3.8, 4) is 5.75 Å². The lowest BCUT2D eigenvalue weighted by Crippen LogP contribution is -2.07. The maximum Gasteiger partial charge on any atom is 0.138 e. The van der Waals surface area contributed by atoms with Gasteiger partial charge < -0.3 is 9.84 Å². The van der Waals surface area contributed by atoms with Crippen molar-refractivity contribution in [3.63, 3.8) is 0 Å². The Hall–Kier alpha value is -1.94. The van der Waals surface area contributed by atoms with Gasteiger partial charge in [-0.05, 0) is 51.5 Å². The molecule has 1 atom stereocenters. The Morgan fingerprint density at radius 3 is 2.25 bits per heavy atom. The molecule has 0 radical (unpaired) electrons. The molecular weight excluding hydrogens is 252 g/mol. The highest BCUT2D eigenvalue weighted by atomic mass is 16.5. The van der Waals surface area contributed by atoms with Gasteiger partial charge in [-0.1, -0.05) is 0 Å². The van der Waals surface area contributed by atoms with Gasteiger partial charge in [-0.2, -0.15) is 0 Å². The number of aromatic nitrogens is 2. The molecule has 0 aromatic carbocycles. The van der Waals surface area contributed by atoms with Gasteiger partial charge in [0.2, 0.25) is 0 Å². The Morgan fingerprint density at radius 1 is 1.00 bits per heavy atom. The van der Waals surface area contributed by atoms with E-state index in [9.17, 15) is 5.11 Å². The average molecular weight is 272 g/mol. The summed E-state index contributed by atoms with van der Waals surface area (Å²) in [5, 5.41) is 10.5. The summed E-state index contributed by atoms with van der Waals surface area (Å²) in [5.74, 6) is 0.666. The zero-order valence-electron chi connectivity index (χ0n) is 12.3. The number of aryl methyl sites for hydroxylation is 2. The number of aliphatic hydroxyl groups is 1. The second-order valence-corrected chi connectivity index (χ2v) is 5.21. The Kier molecular flexibility index (Phi) is 4.35. The van der Waals surface area contributed by atoms with E-state index in [0.717, 1.165) is 17.0 Å². The van der Waals surface area contributed by atoms with Gasteiger partial charge in [0, 0.05) is 23.1 Å². The molecule has 0 aliphatic heterocycles. The van der Waals surface area contributed by atoms with Crippen molar-refractivity contribution < 1.29 is 9.84 Å². The third-order valence-electron chi connectivity index (χ3n) is 2.84. The summed E-state index contributed by atoms with van der Waals surface area (Å²) >= 11 is 0. The van der Waals surface area contributed by atoms with E-state index in [1.54, 1.807) is 12.4 Å². The van der Waals surface area contributed by atoms with Gasteiger partial charge >= 0.3 is 0 Å². The maximum absolute atomic E-state index is 10.5. The molecule has 4 nitrogen and oxygen atoms in total. The zero-order valence-corrected chi connectivity index (χ0v) is 12.3. The average Bonchev–Trinajstić information content (AvgIpc) is 2.36. The van der Waals surface area contributed by atoms with Crippen molar-refractivity contribution in [1.29, 1.82) is 0 Å². The summed E-state index contributed by atoms with van der Waals surface area (Å²) < 4.78 is 5.60. The Morgan fingerprint density at radius 2 is 1.65 bits per heavy atom. The summed E-state index contributed by atoms with van der Waals surface area (Å²) in [4.78, 5) is 8.44. The minimum absolute atomic E-state index is 0.0783. The van der Waals surface area contributed by atoms with Crippen LogP contribution in [0.25, 0.3) is 0 Å². The topological polar surface area (TPSA) is 55.2 Å². The van der Waals surface area contributed by atoms with E-state index < -0.39 is 6.10 Å². The molecule has 0 spiro atoms. The first-order valence-corrected chi connectivity index (χ1v) is 6.70. The third kappa shape index (κ3) is 3.54. The van der Waals surface area contributed by atoms with Crippen LogP contribution in [0, 0.1) is 13.8 Å². The summed E-state index contributed by atoms with van der Waals surface area (Å²) in [6.45, 7) is 7.75. The number of aliphatic hydroxyl groups excluding tert-OH is 1. The van der Waals surface area contributed by atoms with Crippen LogP contribution in [-0.4, -0.2) is 21.2 Å². The van der Waals surface area contributed by atoms with Gasteiger partial charge in [-0.25, -0.2) is 0 Å². The van der Waals surface area contributed by atoms with E-state index in [1.807, 2.05) is 45.9 Å². The quantitative estimate of drug-likeness (QED) is 0.929. The Labute approximate surface area is 119 Å². The fourth-order valence-corrected chi connectivity index (χ4v) is 2.14. The fourth-order valence-electron chi connectivity index (χ4n) is 2.14. The SMILES string of the molecule is Cc1cc(C(O)c2cncc(OC(C)C)c2)cc(C)n1. The predicted octanol–water partition coefficient (Wildman–Crippen LogP) is 2.96. The number of hydrogen-bond donors (Lipinski definition) is 1. The van der Waals surface area contributed by atoms with E-state index in [-0.39, 0.29) is 6.10 Å². The van der Waals surface area contributed by atoms with Crippen LogP contribution in [-0.2, 0) is 0 Å². The molecule has 0 amide bonds. The van der Waals surface area contributed by atoms with E-state index in [0.29, 0.717) is 11.3 Å². The highest BCUT2D eigenvalue weighted by Crippen LogP contribution is 2.25. The minimum Gasteiger partial charge on any atom is -0.489 e. The van der Waals surface area contributed by atoms with Crippen molar-refractivity contribution in [3.05, 3.63) is 53.1 Å². The van der Waals surface area contributed by atoms with Crippen LogP contribution in [0.3, 0.4) is 0 Å². The maximum atomic E-state index is 10.5. The van der Waals surface area contributed by atoms with E-state index in [4.69, 9.17) is 4.74 Å². The van der Waals surface area contributed by atoms with Crippen LogP contribution in [0.2, 0.25) is 0 Å². The molecule has 2 aromatic rings. The lowest BCUT2D eigenvalue weighted by molar-refractivity contribution is 0.215. The summed E-state index contributed by atoms with van der Waals surface area (Å²) in [6.07, 6.45) is 2.66. The Balaban J connectivity index is 2.30. The van der Waals surface area contributed by atoms with Crippen molar-refractivity contribution in [2.45, 2.75) is 39.9 Å². The number of ether oxygens (including phenoxy) is 1. The van der Waals surface area contributed by atoms with Gasteiger partial charge in [-0.15, -0.1) is 0 Å². The van der Waals surface area contributed by atoms with Crippen LogP contribution in [0.1, 0.15) is 42.5 Å². The lowest BCUT2D eigenvalue weighted by atomic mass is 10.0. The van der Waals surface area contributed by atoms with Crippen molar-refractivity contribution in [2.24, 2.45) is 0 Å². The molecule has 0 fully saturated rings. The number of pyridine rings is 2. The lowest BCUT2D eigenvalue weighted by Gasteiger charge is -2.15. The molecule has 106 valence electrons. The summed E-state index contributed by atoms with van der Waals surface area (Å²) in [5.41, 5.74) is 3.31. The van der Waals surface area contributed by atoms with Gasteiger partial charge in [0.15, 0.2) is 0 Å². The molecule has 2 heterocycles. The highest BCUT2D eigenvalue weighted by Gasteiger charge is 2.13. The van der Waals surface area contributed by atoms with Gasteiger partial charge in [0.05, 0.1) is 12.3 Å². The standard InChI is InChI=1S/C16H20N2O2/c1-10(2)20-15-7-14(8-17-9-15)16(19)13-5-11(3)18-12(4)6-13/h5-10,16,19H,1-4H3. The molecule has 4 heteroatoms. The first kappa shape index (κ1) is 14.5. The molecule has 0 saturated carbocycles. The zero-order chi connectivity index (χ0) is 14.7. The molecule has 1 N–H and O–H groups in total. The van der Waals surface area contributed by atoms with E-state index >= 15 is 0 Å². The van der Waals surface area contributed by atoms with Crippen LogP contribution in [0.15, 0.2) is 30.6 Å². The smallest absolute Gasteiger partial charge is 0.138 e. The summed E-state index contributed by atoms with van der Waals surface area (Å²) in [6, 6.07) is 5.59. The van der Waals surface area contributed by atoms with E-state index in [1.165, 1.54) is 0 Å². The van der Waals surface area contributed by atoms with Crippen LogP contribution in [0.4, 0.5) is 0 Å². The molecule has 0 saturated heterocycles. The normalized spacial score (nSPS) is 12.5. The molecule has 0 aliphatic rings. The first-order valence-electron chi connectivity index (χ1n) is 6.70. The second kappa shape index (κ2) is 6.01. The predicted molar refractivity (Wildman–Crippen MR) is 77.8 cm³/mol. The second-order valence-electron chi connectivity index (χ2n) is 5.21. The van der Waals surface area contributed by atoms with Gasteiger partial charge in [0.25, 0.3) is 0 Å². The van der Waals surface area contributed by atoms with Gasteiger partial charge in [-0.3, -0.25) is 9.97 Å². The molecular formula is C16H20N2O2. The monoisotopic (exact) mass is 272 g/mol. The first-order chi connectivity index (χ1) is 9.45. The van der Waals surface area contributed by atoms with Crippen molar-refractivity contribution in [2.75, 3.05) is 0 Å². The molecule has 20 heavy (non-hydrogen) atoms. The third-order valence-corrected chi connectivity index (χ3v) is 2.84. The molecule has 1 unspecified atom stereocenters. The van der Waals surface area contributed by atoms with Crippen LogP contribution < -0.4 is 4.74 Å². The molecule has 0 aliphatic carbocycles. The van der Waals surface area contributed by atoms with Gasteiger partial charge in [0.1, 0.15) is 11.9 Å². The van der Waals surface area contributed by atoms with Crippen molar-refractivity contribution in [1.82, 2.24) is 9.97 Å². The van der Waals surface area contributed by atoms with Crippen molar-refractivity contribution >= 4 is 0 Å². The largest absolute Gasteiger partial charge is 0.489 e. The van der Waals surface area contributed by atoms with Crippen LogP contribution in [0.5, 0.6) is 5.75 Å². The fraction of sp³-hybridized carbons (Fsp3) is 0.375. The molecule has 2 rings (SSSR count). The van der Waals surface area contributed by atoms with E-state index in [2.05, 4.69) is 9.97 Å². The number of nitrogens with zero attached hydrogens (tertiary/aromatic N) is 2. The molecule has 2 aromatic heterocycles. The summed E-state index contributed by atoms with van der Waals surface area (Å²) in [7, 11) is 0.